The summed E-state index contributed by atoms with van der Waals surface area (Å²) in [4.78, 5) is 11.0. The first-order valence-electron chi connectivity index (χ1n) is 5.33. The van der Waals surface area contributed by atoms with Crippen molar-refractivity contribution in [3.63, 3.8) is 0 Å². The van der Waals surface area contributed by atoms with Crippen molar-refractivity contribution in [2.75, 3.05) is 13.2 Å². The van der Waals surface area contributed by atoms with Crippen molar-refractivity contribution in [2.45, 2.75) is 19.4 Å². The zero-order chi connectivity index (χ0) is 11.5. The van der Waals surface area contributed by atoms with E-state index in [9.17, 15) is 4.79 Å². The molecule has 1 aromatic rings. The van der Waals surface area contributed by atoms with Crippen LogP contribution in [0.4, 0.5) is 0 Å². The average Bonchev–Trinajstić information content (AvgIpc) is 2.61. The number of hydrogen-bond donors (Lipinski definition) is 1. The van der Waals surface area contributed by atoms with Crippen LogP contribution in [0.5, 0.6) is 0 Å². The van der Waals surface area contributed by atoms with Gasteiger partial charge in [0.1, 0.15) is 5.69 Å². The Bertz CT molecular complexity index is 383. The normalized spacial score (nSPS) is 17.6. The lowest BCUT2D eigenvalue weighted by atomic mass is 10.0. The van der Waals surface area contributed by atoms with E-state index in [2.05, 4.69) is 22.6 Å². The summed E-state index contributed by atoms with van der Waals surface area (Å²) in [5.74, 6) is -0.315. The highest BCUT2D eigenvalue weighted by molar-refractivity contribution is 14.1. The molecule has 2 rings (SSSR count). The molecule has 5 heteroatoms. The molecule has 4 nitrogen and oxygen atoms in total. The molecule has 0 spiro atoms. The topological polar surface area (TPSA) is 51.5 Å². The molecule has 0 bridgehead atoms. The van der Waals surface area contributed by atoms with E-state index in [4.69, 9.17) is 9.84 Å². The maximum atomic E-state index is 11.0. The number of halogens is 1. The maximum Gasteiger partial charge on any atom is 0.352 e. The fraction of sp³-hybridized carbons (Fsp3) is 0.545. The number of carbonyl (C=O) groups is 1. The summed E-state index contributed by atoms with van der Waals surface area (Å²) >= 11 is 2.14. The quantitative estimate of drug-likeness (QED) is 0.862. The van der Waals surface area contributed by atoms with Crippen LogP contribution in [0.3, 0.4) is 0 Å². The number of aromatic nitrogens is 1. The largest absolute Gasteiger partial charge is 0.477 e. The van der Waals surface area contributed by atoms with Crippen LogP contribution >= 0.6 is 22.6 Å². The lowest BCUT2D eigenvalue weighted by Gasteiger charge is -2.22. The first-order chi connectivity index (χ1) is 7.66. The molecule has 88 valence electrons. The number of carboxylic acids is 1. The molecule has 0 radical (unpaired) electrons. The molecule has 0 atom stereocenters. The highest BCUT2D eigenvalue weighted by Crippen LogP contribution is 2.20. The number of aromatic carboxylic acids is 1. The third kappa shape index (κ3) is 2.76. The maximum absolute atomic E-state index is 11.0. The van der Waals surface area contributed by atoms with Gasteiger partial charge in [0.15, 0.2) is 0 Å². The smallest absolute Gasteiger partial charge is 0.352 e. The SMILES string of the molecule is O=C(O)c1cc(I)cn1CC1CCOCC1. The molecule has 1 N–H and O–H groups in total. The van der Waals surface area contributed by atoms with Crippen molar-refractivity contribution < 1.29 is 14.6 Å². The monoisotopic (exact) mass is 335 g/mol. The summed E-state index contributed by atoms with van der Waals surface area (Å²) in [5.41, 5.74) is 0.385. The van der Waals surface area contributed by atoms with Crippen LogP contribution in [0.2, 0.25) is 0 Å². The van der Waals surface area contributed by atoms with Crippen LogP contribution in [0.25, 0.3) is 0 Å². The van der Waals surface area contributed by atoms with E-state index in [0.717, 1.165) is 36.2 Å². The van der Waals surface area contributed by atoms with E-state index in [1.54, 1.807) is 6.07 Å². The minimum Gasteiger partial charge on any atom is -0.477 e. The highest BCUT2D eigenvalue weighted by atomic mass is 127. The van der Waals surface area contributed by atoms with Gasteiger partial charge in [-0.3, -0.25) is 0 Å². The van der Waals surface area contributed by atoms with E-state index in [0.29, 0.717) is 11.6 Å². The van der Waals surface area contributed by atoms with Crippen LogP contribution in [-0.4, -0.2) is 28.9 Å². The molecule has 1 saturated heterocycles. The molecule has 1 aliphatic heterocycles. The van der Waals surface area contributed by atoms with Gasteiger partial charge in [0.25, 0.3) is 0 Å². The molecular formula is C11H14INO3. The van der Waals surface area contributed by atoms with Gasteiger partial charge in [-0.15, -0.1) is 0 Å². The second-order valence-electron chi connectivity index (χ2n) is 4.06. The zero-order valence-electron chi connectivity index (χ0n) is 8.86. The molecule has 1 fully saturated rings. The Morgan fingerprint density at radius 2 is 2.25 bits per heavy atom. The Hall–Kier alpha value is -0.560. The lowest BCUT2D eigenvalue weighted by molar-refractivity contribution is 0.0593. The van der Waals surface area contributed by atoms with Gasteiger partial charge in [0.2, 0.25) is 0 Å². The third-order valence-corrected chi connectivity index (χ3v) is 3.47. The fourth-order valence-electron chi connectivity index (χ4n) is 2.01. The number of hydrogen-bond acceptors (Lipinski definition) is 2. The van der Waals surface area contributed by atoms with E-state index in [1.165, 1.54) is 0 Å². The van der Waals surface area contributed by atoms with E-state index in [1.807, 2.05) is 10.8 Å². The second kappa shape index (κ2) is 5.18. The first kappa shape index (κ1) is 11.9. The van der Waals surface area contributed by atoms with Crippen LogP contribution in [0.15, 0.2) is 12.3 Å². The molecule has 16 heavy (non-hydrogen) atoms. The van der Waals surface area contributed by atoms with Crippen molar-refractivity contribution in [3.8, 4) is 0 Å². The summed E-state index contributed by atoms with van der Waals surface area (Å²) in [7, 11) is 0. The van der Waals surface area contributed by atoms with Crippen molar-refractivity contribution in [1.29, 1.82) is 0 Å². The van der Waals surface area contributed by atoms with Crippen molar-refractivity contribution >= 4 is 28.6 Å². The van der Waals surface area contributed by atoms with Crippen molar-refractivity contribution in [3.05, 3.63) is 21.5 Å². The molecule has 2 heterocycles. The summed E-state index contributed by atoms with van der Waals surface area (Å²) in [6.45, 7) is 2.38. The fourth-order valence-corrected chi connectivity index (χ4v) is 2.64. The molecule has 1 aromatic heterocycles. The molecule has 0 saturated carbocycles. The third-order valence-electron chi connectivity index (χ3n) is 2.88. The molecule has 0 unspecified atom stereocenters. The predicted octanol–water partition coefficient (Wildman–Crippen LogP) is 2.22. The number of nitrogens with zero attached hydrogens (tertiary/aromatic N) is 1. The minimum atomic E-state index is -0.852. The molecular weight excluding hydrogens is 321 g/mol. The van der Waals surface area contributed by atoms with Crippen molar-refractivity contribution in [2.24, 2.45) is 5.92 Å². The van der Waals surface area contributed by atoms with Crippen LogP contribution in [0, 0.1) is 9.49 Å². The Morgan fingerprint density at radius 3 is 2.88 bits per heavy atom. The Balaban J connectivity index is 2.10. The van der Waals surface area contributed by atoms with Gasteiger partial charge in [-0.2, -0.15) is 0 Å². The van der Waals surface area contributed by atoms with Crippen LogP contribution in [0.1, 0.15) is 23.3 Å². The number of rotatable bonds is 3. The Kier molecular flexibility index (Phi) is 3.86. The van der Waals surface area contributed by atoms with Gasteiger partial charge in [0, 0.05) is 29.5 Å². The highest BCUT2D eigenvalue weighted by Gasteiger charge is 2.18. The van der Waals surface area contributed by atoms with Crippen molar-refractivity contribution in [1.82, 2.24) is 4.57 Å². The molecule has 1 aliphatic rings. The van der Waals surface area contributed by atoms with Gasteiger partial charge in [-0.05, 0) is 47.4 Å². The summed E-state index contributed by atoms with van der Waals surface area (Å²) in [5, 5.41) is 9.06. The van der Waals surface area contributed by atoms with E-state index < -0.39 is 5.97 Å². The van der Waals surface area contributed by atoms with Gasteiger partial charge in [-0.1, -0.05) is 0 Å². The van der Waals surface area contributed by atoms with E-state index in [-0.39, 0.29) is 0 Å². The van der Waals surface area contributed by atoms with Crippen LogP contribution < -0.4 is 0 Å². The molecule has 0 amide bonds. The van der Waals surface area contributed by atoms with Gasteiger partial charge >= 0.3 is 5.97 Å². The van der Waals surface area contributed by atoms with E-state index >= 15 is 0 Å². The standard InChI is InChI=1S/C11H14INO3/c12-9-5-10(11(14)15)13(7-9)6-8-1-3-16-4-2-8/h5,7-8H,1-4,6H2,(H,14,15). The number of ether oxygens (including phenoxy) is 1. The first-order valence-corrected chi connectivity index (χ1v) is 6.41. The second-order valence-corrected chi connectivity index (χ2v) is 5.30. The van der Waals surface area contributed by atoms with Gasteiger partial charge in [0.05, 0.1) is 0 Å². The lowest BCUT2D eigenvalue weighted by Crippen LogP contribution is -2.21. The Labute approximate surface area is 108 Å². The predicted molar refractivity (Wildman–Crippen MR) is 67.7 cm³/mol. The zero-order valence-corrected chi connectivity index (χ0v) is 11.0. The molecule has 0 aromatic carbocycles. The molecule has 0 aliphatic carbocycles. The van der Waals surface area contributed by atoms with Crippen LogP contribution in [-0.2, 0) is 11.3 Å². The van der Waals surface area contributed by atoms with Gasteiger partial charge in [-0.25, -0.2) is 4.79 Å². The number of carboxylic acid groups (broad SMARTS) is 1. The van der Waals surface area contributed by atoms with Gasteiger partial charge < -0.3 is 14.4 Å². The summed E-state index contributed by atoms with van der Waals surface area (Å²) in [6.07, 6.45) is 3.95. The summed E-state index contributed by atoms with van der Waals surface area (Å²) in [6, 6.07) is 1.71. The Morgan fingerprint density at radius 1 is 1.56 bits per heavy atom. The minimum absolute atomic E-state index is 0.385. The summed E-state index contributed by atoms with van der Waals surface area (Å²) < 4.78 is 8.11. The average molecular weight is 335 g/mol.